The molecule has 0 aromatic rings. The highest BCUT2D eigenvalue weighted by molar-refractivity contribution is 5.35. The lowest BCUT2D eigenvalue weighted by Crippen LogP contribution is -2.19. The standard InChI is InChI=1S/C18H24F2O/c1-14-6-5-12-18(2,3)17(14)10-9-15(19)7-4-8-16(20)11-13-21/h4,7-11,21H,5-6,12-13H2,1-3H3/b8-4-,10-9+,15-7-,16-11+. The lowest BCUT2D eigenvalue weighted by molar-refractivity contribution is 0.339. The second kappa shape index (κ2) is 8.08. The molecule has 1 aliphatic rings. The summed E-state index contributed by atoms with van der Waals surface area (Å²) in [6, 6.07) is 0. The van der Waals surface area contributed by atoms with Crippen LogP contribution in [0.5, 0.6) is 0 Å². The lowest BCUT2D eigenvalue weighted by Gasteiger charge is -2.32. The van der Waals surface area contributed by atoms with Gasteiger partial charge in [0, 0.05) is 0 Å². The summed E-state index contributed by atoms with van der Waals surface area (Å²) >= 11 is 0. The van der Waals surface area contributed by atoms with Gasteiger partial charge in [-0.15, -0.1) is 0 Å². The predicted octanol–water partition coefficient (Wildman–Crippen LogP) is 5.32. The topological polar surface area (TPSA) is 20.2 Å². The number of allylic oxidation sites excluding steroid dienone is 9. The Morgan fingerprint density at radius 1 is 1.24 bits per heavy atom. The highest BCUT2D eigenvalue weighted by Crippen LogP contribution is 2.40. The molecule has 0 atom stereocenters. The molecule has 1 nitrogen and oxygen atoms in total. The summed E-state index contributed by atoms with van der Waals surface area (Å²) in [6.45, 7) is 6.07. The summed E-state index contributed by atoms with van der Waals surface area (Å²) < 4.78 is 26.6. The fourth-order valence-corrected chi connectivity index (χ4v) is 2.62. The maximum absolute atomic E-state index is 13.7. The zero-order valence-corrected chi connectivity index (χ0v) is 13.0. The van der Waals surface area contributed by atoms with Crippen molar-refractivity contribution in [2.75, 3.05) is 6.61 Å². The summed E-state index contributed by atoms with van der Waals surface area (Å²) in [5, 5.41) is 8.49. The van der Waals surface area contributed by atoms with Crippen LogP contribution in [0.2, 0.25) is 0 Å². The van der Waals surface area contributed by atoms with E-state index in [1.807, 2.05) is 6.08 Å². The molecule has 0 spiro atoms. The van der Waals surface area contributed by atoms with E-state index >= 15 is 0 Å². The maximum atomic E-state index is 13.7. The molecule has 0 radical (unpaired) electrons. The van der Waals surface area contributed by atoms with Gasteiger partial charge in [-0.05, 0) is 61.5 Å². The highest BCUT2D eigenvalue weighted by atomic mass is 19.1. The molecule has 0 heterocycles. The van der Waals surface area contributed by atoms with Crippen molar-refractivity contribution < 1.29 is 13.9 Å². The summed E-state index contributed by atoms with van der Waals surface area (Å²) in [4.78, 5) is 0. The second-order valence-corrected chi connectivity index (χ2v) is 5.95. The van der Waals surface area contributed by atoms with E-state index in [1.165, 1.54) is 35.8 Å². The van der Waals surface area contributed by atoms with Crippen molar-refractivity contribution in [1.29, 1.82) is 0 Å². The third-order valence-corrected chi connectivity index (χ3v) is 3.75. The smallest absolute Gasteiger partial charge is 0.123 e. The number of aliphatic hydroxyl groups is 1. The molecule has 0 saturated heterocycles. The molecular weight excluding hydrogens is 270 g/mol. The van der Waals surface area contributed by atoms with Crippen LogP contribution in [0, 0.1) is 5.41 Å². The van der Waals surface area contributed by atoms with Crippen molar-refractivity contribution in [3.05, 3.63) is 59.3 Å². The van der Waals surface area contributed by atoms with Gasteiger partial charge in [-0.2, -0.15) is 0 Å². The van der Waals surface area contributed by atoms with E-state index in [4.69, 9.17) is 5.11 Å². The number of halogens is 2. The lowest BCUT2D eigenvalue weighted by atomic mass is 9.72. The molecule has 0 bridgehead atoms. The van der Waals surface area contributed by atoms with Crippen molar-refractivity contribution in [3.8, 4) is 0 Å². The molecule has 3 heteroatoms. The van der Waals surface area contributed by atoms with Crippen LogP contribution in [0.3, 0.4) is 0 Å². The number of aliphatic hydroxyl groups excluding tert-OH is 1. The van der Waals surface area contributed by atoms with Gasteiger partial charge in [-0.25, -0.2) is 8.78 Å². The molecule has 0 saturated carbocycles. The number of hydrogen-bond acceptors (Lipinski definition) is 1. The van der Waals surface area contributed by atoms with E-state index in [0.29, 0.717) is 0 Å². The Morgan fingerprint density at radius 2 is 1.95 bits per heavy atom. The van der Waals surface area contributed by atoms with Crippen molar-refractivity contribution in [2.24, 2.45) is 5.41 Å². The van der Waals surface area contributed by atoms with Gasteiger partial charge in [0.2, 0.25) is 0 Å². The van der Waals surface area contributed by atoms with E-state index in [9.17, 15) is 8.78 Å². The predicted molar refractivity (Wildman–Crippen MR) is 84.1 cm³/mol. The van der Waals surface area contributed by atoms with E-state index in [1.54, 1.807) is 0 Å². The summed E-state index contributed by atoms with van der Waals surface area (Å²) in [6.07, 6.45) is 11.2. The first-order chi connectivity index (χ1) is 9.86. The number of hydrogen-bond donors (Lipinski definition) is 1. The third-order valence-electron chi connectivity index (χ3n) is 3.75. The molecule has 0 amide bonds. The van der Waals surface area contributed by atoms with Crippen LogP contribution in [0.1, 0.15) is 40.0 Å². The zero-order chi connectivity index (χ0) is 15.9. The summed E-state index contributed by atoms with van der Waals surface area (Å²) in [5.74, 6) is -1.01. The molecular formula is C18H24F2O. The summed E-state index contributed by atoms with van der Waals surface area (Å²) in [5.41, 5.74) is 2.57. The van der Waals surface area contributed by atoms with Crippen LogP contribution in [0.4, 0.5) is 8.78 Å². The Balaban J connectivity index is 2.78. The van der Waals surface area contributed by atoms with Gasteiger partial charge in [0.15, 0.2) is 0 Å². The Morgan fingerprint density at radius 3 is 2.57 bits per heavy atom. The Bertz CT molecular complexity index is 505. The van der Waals surface area contributed by atoms with Crippen molar-refractivity contribution in [1.82, 2.24) is 0 Å². The van der Waals surface area contributed by atoms with Gasteiger partial charge in [0.1, 0.15) is 11.7 Å². The van der Waals surface area contributed by atoms with Gasteiger partial charge in [0.25, 0.3) is 0 Å². The molecule has 1 aliphatic carbocycles. The van der Waals surface area contributed by atoms with Gasteiger partial charge >= 0.3 is 0 Å². The largest absolute Gasteiger partial charge is 0.392 e. The average molecular weight is 294 g/mol. The minimum atomic E-state index is -0.586. The maximum Gasteiger partial charge on any atom is 0.123 e. The van der Waals surface area contributed by atoms with Gasteiger partial charge in [-0.3, -0.25) is 0 Å². The first-order valence-corrected chi connectivity index (χ1v) is 7.25. The zero-order valence-electron chi connectivity index (χ0n) is 13.0. The van der Waals surface area contributed by atoms with Gasteiger partial charge in [-0.1, -0.05) is 31.6 Å². The number of rotatable bonds is 5. The molecule has 0 unspecified atom stereocenters. The van der Waals surface area contributed by atoms with Crippen molar-refractivity contribution >= 4 is 0 Å². The normalized spacial score (nSPS) is 20.9. The molecule has 1 N–H and O–H groups in total. The van der Waals surface area contributed by atoms with Gasteiger partial charge < -0.3 is 5.11 Å². The molecule has 1 rings (SSSR count). The molecule has 0 aromatic heterocycles. The van der Waals surface area contributed by atoms with E-state index < -0.39 is 11.7 Å². The highest BCUT2D eigenvalue weighted by Gasteiger charge is 2.26. The van der Waals surface area contributed by atoms with Crippen molar-refractivity contribution in [3.63, 3.8) is 0 Å². The van der Waals surface area contributed by atoms with Crippen LogP contribution in [0.15, 0.2) is 59.3 Å². The minimum absolute atomic E-state index is 0.0743. The first-order valence-electron chi connectivity index (χ1n) is 7.25. The first kappa shape index (κ1) is 17.6. The molecule has 0 fully saturated rings. The monoisotopic (exact) mass is 294 g/mol. The second-order valence-electron chi connectivity index (χ2n) is 5.95. The van der Waals surface area contributed by atoms with Crippen LogP contribution in [-0.4, -0.2) is 11.7 Å². The molecule has 21 heavy (non-hydrogen) atoms. The molecule has 0 aromatic carbocycles. The van der Waals surface area contributed by atoms with E-state index in [2.05, 4.69) is 20.8 Å². The SMILES string of the molecule is CC1=C(/C=C/C(F)=C/C=C\C(F)=C/CO)C(C)(C)CCC1. The van der Waals surface area contributed by atoms with Crippen LogP contribution in [-0.2, 0) is 0 Å². The van der Waals surface area contributed by atoms with Crippen LogP contribution in [0.25, 0.3) is 0 Å². The van der Waals surface area contributed by atoms with Crippen molar-refractivity contribution in [2.45, 2.75) is 40.0 Å². The molecule has 116 valence electrons. The summed E-state index contributed by atoms with van der Waals surface area (Å²) in [7, 11) is 0. The van der Waals surface area contributed by atoms with E-state index in [-0.39, 0.29) is 12.0 Å². The average Bonchev–Trinajstić information content (AvgIpc) is 2.37. The minimum Gasteiger partial charge on any atom is -0.392 e. The van der Waals surface area contributed by atoms with E-state index in [0.717, 1.165) is 25.0 Å². The molecule has 0 aliphatic heterocycles. The Hall–Kier alpha value is -1.48. The van der Waals surface area contributed by atoms with Crippen LogP contribution >= 0.6 is 0 Å². The Kier molecular flexibility index (Phi) is 6.76. The fraction of sp³-hybridized carbons (Fsp3) is 0.444. The van der Waals surface area contributed by atoms with Crippen LogP contribution < -0.4 is 0 Å². The Labute approximate surface area is 126 Å². The quantitative estimate of drug-likeness (QED) is 0.680. The third kappa shape index (κ3) is 5.80. The van der Waals surface area contributed by atoms with Gasteiger partial charge in [0.05, 0.1) is 6.61 Å². The fourth-order valence-electron chi connectivity index (χ4n) is 2.62.